The second-order valence-corrected chi connectivity index (χ2v) is 12.9. The molecule has 294 valence electrons. The maximum Gasteiger partial charge on any atom is 0.490 e. The Morgan fingerprint density at radius 1 is 0.792 bits per heavy atom. The number of rotatable bonds is 17. The second-order valence-electron chi connectivity index (χ2n) is 11.8. The lowest BCUT2D eigenvalue weighted by Gasteiger charge is -2.27. The molecule has 0 spiro atoms. The quantitative estimate of drug-likeness (QED) is 0.0889. The molecule has 0 bridgehead atoms. The van der Waals surface area contributed by atoms with E-state index >= 15 is 0 Å². The molecule has 4 amide bonds. The van der Waals surface area contributed by atoms with Crippen molar-refractivity contribution in [3.8, 4) is 11.5 Å². The molecule has 0 unspecified atom stereocenters. The van der Waals surface area contributed by atoms with Gasteiger partial charge in [-0.3, -0.25) is 24.0 Å². The number of carboxylic acid groups (broad SMARTS) is 1. The predicted molar refractivity (Wildman–Crippen MR) is 182 cm³/mol. The van der Waals surface area contributed by atoms with Gasteiger partial charge in [0, 0.05) is 30.7 Å². The average molecular weight is 778 g/mol. The van der Waals surface area contributed by atoms with E-state index in [1.807, 2.05) is 0 Å². The van der Waals surface area contributed by atoms with Crippen molar-refractivity contribution >= 4 is 46.5 Å². The molecular weight excluding hydrogens is 735 g/mol. The number of aliphatic carboxylic acids is 1. The maximum atomic E-state index is 13.2. The number of nitrogens with one attached hydrogen (secondary N) is 4. The standard InChI is InChI=1S/C30H41N5O10S.C2HF3O2/c1-30(2,16-37)25(41)28(44)33-12-11-22(40)32-13-14-46-29(45)24(18-5-9-20(39)10-6-18)35-26(42)21(15-36)34-27(43)23(31)17-3-7-19(38)8-4-17;3-2(4,5)1(6)7/h3-10,21,23-25,36-39,41H,11-16,31H2,1-2H3,(H,32,40)(H,33,44)(H,34,43)(H,35,42);(H,6,7)/t21-,23+,24-,25-;/m0./s1. The van der Waals surface area contributed by atoms with Crippen molar-refractivity contribution in [2.45, 2.75) is 50.7 Å². The largest absolute Gasteiger partial charge is 0.508 e. The summed E-state index contributed by atoms with van der Waals surface area (Å²) in [5.74, 6) is -5.59. The van der Waals surface area contributed by atoms with Crippen molar-refractivity contribution in [2.75, 3.05) is 32.1 Å². The Hall–Kier alpha value is -4.96. The molecular formula is C32H42F3N5O12S. The number of hydrogen-bond donors (Lipinski definition) is 11. The first kappa shape index (κ1) is 46.1. The second kappa shape index (κ2) is 21.5. The number of carbonyl (C=O) groups excluding carboxylic acids is 5. The zero-order valence-corrected chi connectivity index (χ0v) is 29.2. The molecule has 4 atom stereocenters. The van der Waals surface area contributed by atoms with Crippen LogP contribution in [0, 0.1) is 5.41 Å². The predicted octanol–water partition coefficient (Wildman–Crippen LogP) is -0.673. The fourth-order valence-electron chi connectivity index (χ4n) is 3.83. The van der Waals surface area contributed by atoms with Gasteiger partial charge in [0.2, 0.25) is 28.7 Å². The Labute approximate surface area is 305 Å². The van der Waals surface area contributed by atoms with Crippen LogP contribution in [0.15, 0.2) is 48.5 Å². The molecule has 12 N–H and O–H groups in total. The molecule has 0 fully saturated rings. The number of phenols is 2. The smallest absolute Gasteiger partial charge is 0.490 e. The molecule has 53 heavy (non-hydrogen) atoms. The lowest BCUT2D eigenvalue weighted by molar-refractivity contribution is -0.192. The summed E-state index contributed by atoms with van der Waals surface area (Å²) in [6.45, 7) is 1.80. The van der Waals surface area contributed by atoms with Crippen molar-refractivity contribution in [1.82, 2.24) is 21.3 Å². The number of thioether (sulfide) groups is 1. The van der Waals surface area contributed by atoms with Gasteiger partial charge in [0.25, 0.3) is 0 Å². The Balaban J connectivity index is 0.00000181. The lowest BCUT2D eigenvalue weighted by Crippen LogP contribution is -2.52. The van der Waals surface area contributed by atoms with Crippen molar-refractivity contribution in [3.05, 3.63) is 59.7 Å². The average Bonchev–Trinajstić information content (AvgIpc) is 3.10. The number of phenolic OH excluding ortho intramolecular Hbond substituents is 2. The summed E-state index contributed by atoms with van der Waals surface area (Å²) in [4.78, 5) is 72.0. The van der Waals surface area contributed by atoms with Gasteiger partial charge in [-0.2, -0.15) is 13.2 Å². The summed E-state index contributed by atoms with van der Waals surface area (Å²) in [6.07, 6.45) is -6.65. The van der Waals surface area contributed by atoms with Crippen LogP contribution in [-0.2, 0) is 28.8 Å². The van der Waals surface area contributed by atoms with E-state index in [0.717, 1.165) is 11.8 Å². The number of alkyl halides is 3. The van der Waals surface area contributed by atoms with E-state index in [0.29, 0.717) is 11.1 Å². The van der Waals surface area contributed by atoms with E-state index in [1.165, 1.54) is 62.4 Å². The first-order valence-corrected chi connectivity index (χ1v) is 16.5. The van der Waals surface area contributed by atoms with E-state index in [-0.39, 0.29) is 36.8 Å². The summed E-state index contributed by atoms with van der Waals surface area (Å²) >= 11 is 0.794. The van der Waals surface area contributed by atoms with Crippen molar-refractivity contribution in [3.63, 3.8) is 0 Å². The Kier molecular flexibility index (Phi) is 18.7. The highest BCUT2D eigenvalue weighted by molar-refractivity contribution is 8.13. The number of halogens is 3. The molecule has 0 aromatic heterocycles. The van der Waals surface area contributed by atoms with E-state index in [4.69, 9.17) is 15.6 Å². The number of carbonyl (C=O) groups is 6. The van der Waals surface area contributed by atoms with Crippen LogP contribution in [0.25, 0.3) is 0 Å². The van der Waals surface area contributed by atoms with Gasteiger partial charge in [0.15, 0.2) is 0 Å². The maximum absolute atomic E-state index is 13.2. The molecule has 2 aromatic carbocycles. The fraction of sp³-hybridized carbons (Fsp3) is 0.438. The molecule has 0 aliphatic rings. The highest BCUT2D eigenvalue weighted by Gasteiger charge is 2.38. The van der Waals surface area contributed by atoms with Gasteiger partial charge in [-0.15, -0.1) is 0 Å². The molecule has 2 rings (SSSR count). The lowest BCUT2D eigenvalue weighted by atomic mass is 9.87. The van der Waals surface area contributed by atoms with Gasteiger partial charge < -0.3 is 57.6 Å². The topological polar surface area (TPSA) is 298 Å². The summed E-state index contributed by atoms with van der Waals surface area (Å²) in [5, 5.41) is 64.7. The molecule has 17 nitrogen and oxygen atoms in total. The third kappa shape index (κ3) is 16.1. The molecule has 2 aromatic rings. The van der Waals surface area contributed by atoms with Gasteiger partial charge in [0.05, 0.1) is 13.2 Å². The molecule has 0 aliphatic carbocycles. The van der Waals surface area contributed by atoms with Crippen molar-refractivity contribution in [2.24, 2.45) is 11.1 Å². The number of carboxylic acids is 1. The van der Waals surface area contributed by atoms with Crippen LogP contribution in [0.2, 0.25) is 0 Å². The van der Waals surface area contributed by atoms with Crippen molar-refractivity contribution in [1.29, 1.82) is 0 Å². The summed E-state index contributed by atoms with van der Waals surface area (Å²) in [5.41, 5.74) is 5.55. The zero-order valence-electron chi connectivity index (χ0n) is 28.4. The third-order valence-corrected chi connectivity index (χ3v) is 7.99. The first-order chi connectivity index (χ1) is 24.6. The van der Waals surface area contributed by atoms with E-state index in [9.17, 15) is 62.7 Å². The Bertz CT molecular complexity index is 1550. The van der Waals surface area contributed by atoms with Gasteiger partial charge in [-0.25, -0.2) is 4.79 Å². The monoisotopic (exact) mass is 777 g/mol. The van der Waals surface area contributed by atoms with Crippen LogP contribution in [0.4, 0.5) is 13.2 Å². The van der Waals surface area contributed by atoms with Crippen LogP contribution in [0.3, 0.4) is 0 Å². The van der Waals surface area contributed by atoms with E-state index < -0.39 is 83.7 Å². The first-order valence-electron chi connectivity index (χ1n) is 15.5. The summed E-state index contributed by atoms with van der Waals surface area (Å²) in [7, 11) is 0. The van der Waals surface area contributed by atoms with Crippen LogP contribution < -0.4 is 27.0 Å². The summed E-state index contributed by atoms with van der Waals surface area (Å²) < 4.78 is 31.7. The minimum Gasteiger partial charge on any atom is -0.508 e. The zero-order chi connectivity index (χ0) is 40.5. The third-order valence-electron chi connectivity index (χ3n) is 7.06. The van der Waals surface area contributed by atoms with Gasteiger partial charge in [-0.05, 0) is 35.4 Å². The van der Waals surface area contributed by atoms with E-state index in [1.54, 1.807) is 0 Å². The number of aliphatic hydroxyl groups excluding tert-OH is 3. The highest BCUT2D eigenvalue weighted by atomic mass is 32.2. The molecule has 21 heteroatoms. The minimum absolute atomic E-state index is 0.0313. The van der Waals surface area contributed by atoms with Gasteiger partial charge in [0.1, 0.15) is 35.7 Å². The molecule has 0 saturated carbocycles. The minimum atomic E-state index is -5.08. The van der Waals surface area contributed by atoms with Gasteiger partial charge in [-0.1, -0.05) is 49.9 Å². The number of benzene rings is 2. The van der Waals surface area contributed by atoms with Crippen LogP contribution >= 0.6 is 11.8 Å². The van der Waals surface area contributed by atoms with Crippen LogP contribution in [0.1, 0.15) is 43.5 Å². The number of aromatic hydroxyl groups is 2. The van der Waals surface area contributed by atoms with Crippen LogP contribution in [-0.4, -0.2) is 116 Å². The number of aliphatic hydroxyl groups is 3. The van der Waals surface area contributed by atoms with Crippen LogP contribution in [0.5, 0.6) is 11.5 Å². The van der Waals surface area contributed by atoms with Crippen molar-refractivity contribution < 1.29 is 72.6 Å². The number of amides is 4. The van der Waals surface area contributed by atoms with E-state index in [2.05, 4.69) is 21.3 Å². The molecule has 0 radical (unpaired) electrons. The number of nitrogens with two attached hydrogens (primary N) is 1. The number of hydrogen-bond acceptors (Lipinski definition) is 13. The normalized spacial score (nSPS) is 13.5. The Morgan fingerprint density at radius 2 is 1.30 bits per heavy atom. The highest BCUT2D eigenvalue weighted by Crippen LogP contribution is 2.23. The molecule has 0 saturated heterocycles. The molecule has 0 heterocycles. The summed E-state index contributed by atoms with van der Waals surface area (Å²) in [6, 6.07) is 7.06. The Morgan fingerprint density at radius 3 is 1.77 bits per heavy atom. The van der Waals surface area contributed by atoms with Gasteiger partial charge >= 0.3 is 12.1 Å². The SMILES string of the molecule is CC(C)(CO)[C@@H](O)C(=O)NCCC(=O)NCCSC(=O)[C@@H](NC(=O)[C@H](CO)NC(=O)[C@H](N)c1ccc(O)cc1)c1ccc(O)cc1.O=C(O)C(F)(F)F. The fourth-order valence-corrected chi connectivity index (χ4v) is 4.59. The molecule has 0 aliphatic heterocycles.